The minimum absolute atomic E-state index is 0.0820. The summed E-state index contributed by atoms with van der Waals surface area (Å²) in [7, 11) is 0. The van der Waals surface area contributed by atoms with Crippen LogP contribution < -0.4 is 25.7 Å². The number of rotatable bonds is 11. The fourth-order valence-corrected chi connectivity index (χ4v) is 5.42. The molecular formula is C31H34N6O8. The molecule has 0 radical (unpaired) electrons. The molecule has 5 aromatic rings. The third-order valence-electron chi connectivity index (χ3n) is 7.83. The van der Waals surface area contributed by atoms with Gasteiger partial charge in [0.15, 0.2) is 17.4 Å². The molecular weight excluding hydrogens is 584 g/mol. The fraction of sp³-hybridized carbons (Fsp3) is 0.355. The number of hydrogen-bond acceptors (Lipinski definition) is 13. The zero-order valence-corrected chi connectivity index (χ0v) is 24.7. The largest absolute Gasteiger partial charge is 0.489 e. The molecule has 0 amide bonds. The highest BCUT2D eigenvalue weighted by Crippen LogP contribution is 2.33. The number of aliphatic hydroxyl groups is 3. The number of aliphatic hydroxyl groups excluding tert-OH is 3. The van der Waals surface area contributed by atoms with E-state index in [2.05, 4.69) is 33.7 Å². The van der Waals surface area contributed by atoms with Crippen molar-refractivity contribution in [1.82, 2.24) is 19.5 Å². The lowest BCUT2D eigenvalue weighted by Crippen LogP contribution is -2.33. The first-order chi connectivity index (χ1) is 21.8. The quantitative estimate of drug-likeness (QED) is 0.158. The van der Waals surface area contributed by atoms with Gasteiger partial charge in [-0.2, -0.15) is 9.97 Å². The number of nitrogen functional groups attached to an aromatic ring is 1. The average Bonchev–Trinajstić information content (AvgIpc) is 3.59. The first-order valence-electron chi connectivity index (χ1n) is 14.6. The van der Waals surface area contributed by atoms with E-state index in [1.165, 1.54) is 17.0 Å². The summed E-state index contributed by atoms with van der Waals surface area (Å²) in [4.78, 5) is 27.2. The summed E-state index contributed by atoms with van der Waals surface area (Å²) >= 11 is 0. The third-order valence-corrected chi connectivity index (χ3v) is 7.83. The van der Waals surface area contributed by atoms with Gasteiger partial charge in [0.25, 0.3) is 0 Å². The van der Waals surface area contributed by atoms with Gasteiger partial charge >= 0.3 is 5.63 Å². The summed E-state index contributed by atoms with van der Waals surface area (Å²) in [5.74, 6) is 0.648. The summed E-state index contributed by atoms with van der Waals surface area (Å²) in [6, 6.07) is 14.6. The average molecular weight is 619 g/mol. The maximum atomic E-state index is 12.3. The molecule has 0 bridgehead atoms. The minimum Gasteiger partial charge on any atom is -0.489 e. The Morgan fingerprint density at radius 2 is 1.78 bits per heavy atom. The van der Waals surface area contributed by atoms with Crippen molar-refractivity contribution < 1.29 is 33.9 Å². The zero-order valence-electron chi connectivity index (χ0n) is 24.7. The highest BCUT2D eigenvalue weighted by atomic mass is 16.6. The van der Waals surface area contributed by atoms with Crippen LogP contribution in [-0.2, 0) is 18.0 Å². The van der Waals surface area contributed by atoms with E-state index in [4.69, 9.17) is 24.4 Å². The predicted octanol–water partition coefficient (Wildman–Crippen LogP) is 2.13. The Balaban J connectivity index is 1.13. The van der Waals surface area contributed by atoms with Crippen molar-refractivity contribution in [2.45, 2.75) is 51.6 Å². The molecule has 14 nitrogen and oxygen atoms in total. The van der Waals surface area contributed by atoms with Crippen molar-refractivity contribution in [3.63, 3.8) is 0 Å². The first kappa shape index (κ1) is 30.3. The molecule has 1 saturated heterocycles. The van der Waals surface area contributed by atoms with Crippen molar-refractivity contribution in [3.05, 3.63) is 76.4 Å². The van der Waals surface area contributed by atoms with Crippen LogP contribution in [0.3, 0.4) is 0 Å². The van der Waals surface area contributed by atoms with E-state index in [1.807, 2.05) is 30.3 Å². The third kappa shape index (κ3) is 6.00. The molecule has 0 unspecified atom stereocenters. The topological polar surface area (TPSA) is 191 Å². The monoisotopic (exact) mass is 618 g/mol. The van der Waals surface area contributed by atoms with Gasteiger partial charge in [0, 0.05) is 41.9 Å². The maximum Gasteiger partial charge on any atom is 0.336 e. The Bertz CT molecular complexity index is 1860. The number of benzene rings is 2. The van der Waals surface area contributed by atoms with Crippen molar-refractivity contribution >= 4 is 33.8 Å². The number of fused-ring (bicyclic) bond motifs is 2. The molecule has 45 heavy (non-hydrogen) atoms. The van der Waals surface area contributed by atoms with Gasteiger partial charge in [0.05, 0.1) is 12.9 Å². The number of hydrogen-bond donors (Lipinski definition) is 4. The molecule has 5 N–H and O–H groups in total. The summed E-state index contributed by atoms with van der Waals surface area (Å²) < 4.78 is 24.4. The molecule has 0 saturated carbocycles. The Labute approximate surface area is 257 Å². The van der Waals surface area contributed by atoms with Crippen molar-refractivity contribution in [1.29, 1.82) is 0 Å². The van der Waals surface area contributed by atoms with Gasteiger partial charge in [-0.15, -0.1) is 0 Å². The molecule has 1 aliphatic rings. The smallest absolute Gasteiger partial charge is 0.336 e. The van der Waals surface area contributed by atoms with Crippen LogP contribution in [0, 0.1) is 0 Å². The number of nitrogens with zero attached hydrogens (tertiary/aromatic N) is 5. The van der Waals surface area contributed by atoms with E-state index in [0.717, 1.165) is 35.3 Å². The molecule has 2 aromatic carbocycles. The molecule has 1 fully saturated rings. The van der Waals surface area contributed by atoms with Gasteiger partial charge < -0.3 is 44.6 Å². The minimum atomic E-state index is -1.32. The number of ether oxygens (including phenoxy) is 3. The highest BCUT2D eigenvalue weighted by Gasteiger charge is 2.44. The highest BCUT2D eigenvalue weighted by molar-refractivity contribution is 5.83. The van der Waals surface area contributed by atoms with Crippen LogP contribution in [0.5, 0.6) is 11.6 Å². The van der Waals surface area contributed by atoms with E-state index in [0.29, 0.717) is 11.3 Å². The molecule has 6 rings (SSSR count). The first-order valence-corrected chi connectivity index (χ1v) is 14.6. The van der Waals surface area contributed by atoms with Crippen LogP contribution in [0.1, 0.15) is 31.2 Å². The lowest BCUT2D eigenvalue weighted by atomic mass is 10.1. The molecule has 3 aromatic heterocycles. The second-order valence-corrected chi connectivity index (χ2v) is 10.6. The summed E-state index contributed by atoms with van der Waals surface area (Å²) in [6.07, 6.45) is -3.21. The van der Waals surface area contributed by atoms with Crippen LogP contribution in [0.15, 0.2) is 64.1 Å². The summed E-state index contributed by atoms with van der Waals surface area (Å²) in [5, 5.41) is 30.8. The van der Waals surface area contributed by atoms with Crippen LogP contribution in [0.2, 0.25) is 0 Å². The fourth-order valence-electron chi connectivity index (χ4n) is 5.42. The van der Waals surface area contributed by atoms with E-state index in [1.54, 1.807) is 12.1 Å². The number of aromatic nitrogens is 4. The SMILES string of the molecule is CCN(CC)c1ccc2c(COc3ccc(COc4nc(N)nc5c4ncn5[C@@H]4O[C@H](CO)[C@@H](O)[C@H]4O)cc3)cc(=O)oc2c1. The lowest BCUT2D eigenvalue weighted by molar-refractivity contribution is -0.0511. The zero-order chi connectivity index (χ0) is 31.7. The second kappa shape index (κ2) is 12.7. The van der Waals surface area contributed by atoms with E-state index in [-0.39, 0.29) is 36.2 Å². The molecule has 4 atom stereocenters. The molecule has 1 aliphatic heterocycles. The Morgan fingerprint density at radius 3 is 2.49 bits per heavy atom. The molecule has 4 heterocycles. The predicted molar refractivity (Wildman–Crippen MR) is 164 cm³/mol. The number of imidazole rings is 1. The van der Waals surface area contributed by atoms with Gasteiger partial charge in [-0.3, -0.25) is 4.57 Å². The van der Waals surface area contributed by atoms with Gasteiger partial charge in [-0.1, -0.05) is 12.1 Å². The van der Waals surface area contributed by atoms with Crippen LogP contribution in [-0.4, -0.2) is 72.8 Å². The van der Waals surface area contributed by atoms with Gasteiger partial charge in [-0.05, 0) is 43.7 Å². The van der Waals surface area contributed by atoms with E-state index < -0.39 is 36.8 Å². The molecule has 14 heteroatoms. The van der Waals surface area contributed by atoms with E-state index in [9.17, 15) is 20.1 Å². The Kier molecular flexibility index (Phi) is 8.54. The second-order valence-electron chi connectivity index (χ2n) is 10.6. The van der Waals surface area contributed by atoms with Crippen molar-refractivity contribution in [2.75, 3.05) is 30.3 Å². The number of anilines is 2. The molecule has 0 spiro atoms. The van der Waals surface area contributed by atoms with E-state index >= 15 is 0 Å². The Morgan fingerprint density at radius 1 is 1.00 bits per heavy atom. The van der Waals surface area contributed by atoms with Gasteiger partial charge in [0.2, 0.25) is 11.8 Å². The lowest BCUT2D eigenvalue weighted by Gasteiger charge is -2.21. The number of nitrogens with two attached hydrogens (primary N) is 1. The van der Waals surface area contributed by atoms with Gasteiger partial charge in [0.1, 0.15) is 42.9 Å². The standard InChI is InChI=1S/C31H34N6O8/c1-3-36(4-2)19-7-10-21-18(11-24(39)44-22(21)12-19)15-42-20-8-5-17(6-9-20)14-43-29-25-28(34-31(32)35-29)37(16-33-25)30-27(41)26(40)23(13-38)45-30/h5-12,16,23,26-27,30,38,40-41H,3-4,13-15H2,1-2H3,(H2,32,34,35)/t23-,26-,27-,30-/m1/s1. The normalized spacial score (nSPS) is 19.8. The van der Waals surface area contributed by atoms with Crippen LogP contribution >= 0.6 is 0 Å². The maximum absolute atomic E-state index is 12.3. The van der Waals surface area contributed by atoms with Crippen molar-refractivity contribution in [2.24, 2.45) is 0 Å². The molecule has 236 valence electrons. The summed E-state index contributed by atoms with van der Waals surface area (Å²) in [5.41, 5.74) is 9.06. The van der Waals surface area contributed by atoms with Gasteiger partial charge in [-0.25, -0.2) is 9.78 Å². The van der Waals surface area contributed by atoms with Crippen molar-refractivity contribution in [3.8, 4) is 11.6 Å². The summed E-state index contributed by atoms with van der Waals surface area (Å²) in [6.45, 7) is 5.69. The molecule has 0 aliphatic carbocycles. The Hall–Kier alpha value is -4.76. The van der Waals surface area contributed by atoms with Crippen LogP contribution in [0.25, 0.3) is 22.1 Å². The van der Waals surface area contributed by atoms with Crippen LogP contribution in [0.4, 0.5) is 11.6 Å².